The highest BCUT2D eigenvalue weighted by molar-refractivity contribution is 5.91. The summed E-state index contributed by atoms with van der Waals surface area (Å²) in [6, 6.07) is 8.79. The number of carbonyl (C=O) groups is 1. The number of nitrogens with one attached hydrogen (secondary N) is 2. The molecule has 1 aromatic heterocycles. The highest BCUT2D eigenvalue weighted by Gasteiger charge is 2.51. The molecule has 166 valence electrons. The molecule has 1 heterocycles. The molecule has 0 atom stereocenters. The van der Waals surface area contributed by atoms with E-state index in [1.54, 1.807) is 0 Å². The zero-order valence-electron chi connectivity index (χ0n) is 18.8. The molecular formula is C24H34N6O. The highest BCUT2D eigenvalue weighted by Crippen LogP contribution is 2.48. The van der Waals surface area contributed by atoms with Crippen LogP contribution in [0.15, 0.2) is 30.5 Å². The average Bonchev–Trinajstić information content (AvgIpc) is 3.58. The quantitative estimate of drug-likeness (QED) is 0.635. The van der Waals surface area contributed by atoms with Gasteiger partial charge in [-0.1, -0.05) is 24.3 Å². The molecule has 0 unspecified atom stereocenters. The Bertz CT molecular complexity index is 914. The maximum atomic E-state index is 13.1. The van der Waals surface area contributed by atoms with Gasteiger partial charge in [0.1, 0.15) is 5.82 Å². The number of rotatable bonds is 7. The Kier molecular flexibility index (Phi) is 6.14. The van der Waals surface area contributed by atoms with Crippen LogP contribution in [0.5, 0.6) is 0 Å². The third-order valence-electron chi connectivity index (χ3n) is 6.69. The molecule has 2 saturated carbocycles. The molecule has 0 spiro atoms. The van der Waals surface area contributed by atoms with Crippen LogP contribution in [0.2, 0.25) is 0 Å². The van der Waals surface area contributed by atoms with E-state index in [1.165, 1.54) is 0 Å². The van der Waals surface area contributed by atoms with Gasteiger partial charge in [-0.2, -0.15) is 4.98 Å². The number of amides is 1. The van der Waals surface area contributed by atoms with Crippen LogP contribution in [0.25, 0.3) is 0 Å². The number of benzene rings is 1. The molecule has 7 nitrogen and oxygen atoms in total. The minimum Gasteiger partial charge on any atom is -0.362 e. The molecule has 2 aromatic rings. The van der Waals surface area contributed by atoms with Gasteiger partial charge < -0.3 is 21.3 Å². The van der Waals surface area contributed by atoms with Crippen LogP contribution in [-0.4, -0.2) is 42.1 Å². The Balaban J connectivity index is 1.30. The molecule has 2 aliphatic carbocycles. The Morgan fingerprint density at radius 1 is 1.13 bits per heavy atom. The number of carbonyl (C=O) groups excluding carboxylic acids is 1. The van der Waals surface area contributed by atoms with Crippen LogP contribution in [-0.2, 0) is 16.8 Å². The van der Waals surface area contributed by atoms with Crippen LogP contribution < -0.4 is 21.3 Å². The first-order valence-corrected chi connectivity index (χ1v) is 11.3. The van der Waals surface area contributed by atoms with E-state index in [0.29, 0.717) is 18.5 Å². The summed E-state index contributed by atoms with van der Waals surface area (Å²) in [4.78, 5) is 24.2. The smallest absolute Gasteiger partial charge is 0.230 e. The summed E-state index contributed by atoms with van der Waals surface area (Å²) in [5.41, 5.74) is 8.65. The van der Waals surface area contributed by atoms with E-state index in [4.69, 9.17) is 5.73 Å². The number of aromatic nitrogens is 2. The molecule has 4 N–H and O–H groups in total. The summed E-state index contributed by atoms with van der Waals surface area (Å²) in [5.74, 6) is 1.80. The van der Waals surface area contributed by atoms with Crippen LogP contribution in [0.1, 0.15) is 55.2 Å². The molecule has 1 aromatic carbocycles. The van der Waals surface area contributed by atoms with Crippen LogP contribution in [0, 0.1) is 6.92 Å². The summed E-state index contributed by atoms with van der Waals surface area (Å²) < 4.78 is 0. The van der Waals surface area contributed by atoms with Gasteiger partial charge in [-0.15, -0.1) is 0 Å². The van der Waals surface area contributed by atoms with E-state index in [1.807, 2.05) is 44.2 Å². The zero-order valence-corrected chi connectivity index (χ0v) is 18.8. The minimum absolute atomic E-state index is 0.182. The van der Waals surface area contributed by atoms with Crippen molar-refractivity contribution in [3.63, 3.8) is 0 Å². The fourth-order valence-electron chi connectivity index (χ4n) is 4.58. The van der Waals surface area contributed by atoms with Crippen LogP contribution >= 0.6 is 0 Å². The standard InChI is InChI=1S/C24H34N6O/c1-16-15-26-23(29-21(16)30(2)3)28-20-10-8-19(9-11-20)27-22(31)24(12-13-24)18-6-4-17(14-25)5-7-18/h4-7,15,19-20H,8-14,25H2,1-3H3,(H,27,31)(H,26,28,29)/t19-,20+. The lowest BCUT2D eigenvalue weighted by Gasteiger charge is -2.31. The van der Waals surface area contributed by atoms with Gasteiger partial charge in [-0.3, -0.25) is 4.79 Å². The molecule has 1 amide bonds. The molecule has 2 aliphatic rings. The van der Waals surface area contributed by atoms with Crippen molar-refractivity contribution < 1.29 is 4.79 Å². The Morgan fingerprint density at radius 2 is 1.77 bits per heavy atom. The fourth-order valence-corrected chi connectivity index (χ4v) is 4.58. The van der Waals surface area contributed by atoms with Crippen LogP contribution in [0.4, 0.5) is 11.8 Å². The first-order valence-electron chi connectivity index (χ1n) is 11.3. The fraction of sp³-hybridized carbons (Fsp3) is 0.542. The van der Waals surface area contributed by atoms with Gasteiger partial charge in [-0.05, 0) is 56.6 Å². The number of hydrogen-bond acceptors (Lipinski definition) is 6. The lowest BCUT2D eigenvalue weighted by atomic mass is 9.89. The second kappa shape index (κ2) is 8.83. The number of nitrogens with two attached hydrogens (primary N) is 1. The molecule has 0 radical (unpaired) electrons. The maximum absolute atomic E-state index is 13.1. The topological polar surface area (TPSA) is 96.2 Å². The van der Waals surface area contributed by atoms with Crippen molar-refractivity contribution >= 4 is 17.7 Å². The summed E-state index contributed by atoms with van der Waals surface area (Å²) in [5, 5.41) is 6.82. The van der Waals surface area contributed by atoms with Crippen molar-refractivity contribution in [2.24, 2.45) is 5.73 Å². The zero-order chi connectivity index (χ0) is 22.0. The number of aryl methyl sites for hydroxylation is 1. The van der Waals surface area contributed by atoms with Crippen molar-refractivity contribution in [1.29, 1.82) is 0 Å². The predicted octanol–water partition coefficient (Wildman–Crippen LogP) is 2.88. The molecule has 0 saturated heterocycles. The molecule has 2 fully saturated rings. The summed E-state index contributed by atoms with van der Waals surface area (Å²) in [6.07, 6.45) is 7.66. The molecular weight excluding hydrogens is 388 g/mol. The van der Waals surface area contributed by atoms with Gasteiger partial charge in [0.25, 0.3) is 0 Å². The van der Waals surface area contributed by atoms with Crippen molar-refractivity contribution in [2.75, 3.05) is 24.3 Å². The SMILES string of the molecule is Cc1cnc(N[C@H]2CC[C@@H](NC(=O)C3(c4ccc(CN)cc4)CC3)CC2)nc1N(C)C. The Hall–Kier alpha value is -2.67. The lowest BCUT2D eigenvalue weighted by Crippen LogP contribution is -2.44. The van der Waals surface area contributed by atoms with Gasteiger partial charge in [0.2, 0.25) is 11.9 Å². The monoisotopic (exact) mass is 422 g/mol. The Morgan fingerprint density at radius 3 is 2.35 bits per heavy atom. The maximum Gasteiger partial charge on any atom is 0.230 e. The van der Waals surface area contributed by atoms with Gasteiger partial charge in [0.05, 0.1) is 5.41 Å². The summed E-state index contributed by atoms with van der Waals surface area (Å²) >= 11 is 0. The van der Waals surface area contributed by atoms with Crippen molar-refractivity contribution in [3.05, 3.63) is 47.2 Å². The third-order valence-corrected chi connectivity index (χ3v) is 6.69. The van der Waals surface area contributed by atoms with Gasteiger partial charge >= 0.3 is 0 Å². The molecule has 31 heavy (non-hydrogen) atoms. The van der Waals surface area contributed by atoms with Gasteiger partial charge in [0, 0.05) is 44.5 Å². The third kappa shape index (κ3) is 4.66. The van der Waals surface area contributed by atoms with Gasteiger partial charge in [0.15, 0.2) is 0 Å². The average molecular weight is 423 g/mol. The second-order valence-electron chi connectivity index (χ2n) is 9.24. The van der Waals surface area contributed by atoms with E-state index in [0.717, 1.165) is 61.0 Å². The number of anilines is 2. The van der Waals surface area contributed by atoms with Crippen molar-refractivity contribution in [1.82, 2.24) is 15.3 Å². The summed E-state index contributed by atoms with van der Waals surface area (Å²) in [6.45, 7) is 2.55. The van der Waals surface area contributed by atoms with E-state index in [2.05, 4.69) is 32.7 Å². The largest absolute Gasteiger partial charge is 0.362 e. The first kappa shape index (κ1) is 21.6. The normalized spacial score (nSPS) is 21.9. The lowest BCUT2D eigenvalue weighted by molar-refractivity contribution is -0.124. The number of hydrogen-bond donors (Lipinski definition) is 3. The molecule has 0 aliphatic heterocycles. The van der Waals surface area contributed by atoms with E-state index in [-0.39, 0.29) is 17.4 Å². The van der Waals surface area contributed by atoms with Crippen molar-refractivity contribution in [2.45, 2.75) is 69.5 Å². The predicted molar refractivity (Wildman–Crippen MR) is 124 cm³/mol. The van der Waals surface area contributed by atoms with E-state index < -0.39 is 0 Å². The Labute approximate surface area is 184 Å². The molecule has 7 heteroatoms. The van der Waals surface area contributed by atoms with E-state index in [9.17, 15) is 4.79 Å². The highest BCUT2D eigenvalue weighted by atomic mass is 16.2. The first-order chi connectivity index (χ1) is 14.9. The number of nitrogens with zero attached hydrogens (tertiary/aromatic N) is 3. The second-order valence-corrected chi connectivity index (χ2v) is 9.24. The van der Waals surface area contributed by atoms with Gasteiger partial charge in [-0.25, -0.2) is 4.98 Å². The molecule has 4 rings (SSSR count). The van der Waals surface area contributed by atoms with E-state index >= 15 is 0 Å². The van der Waals surface area contributed by atoms with Crippen LogP contribution in [0.3, 0.4) is 0 Å². The van der Waals surface area contributed by atoms with Crippen molar-refractivity contribution in [3.8, 4) is 0 Å². The minimum atomic E-state index is -0.333. The molecule has 0 bridgehead atoms. The summed E-state index contributed by atoms with van der Waals surface area (Å²) in [7, 11) is 3.98.